The second kappa shape index (κ2) is 6.95. The Morgan fingerprint density at radius 3 is 2.62 bits per heavy atom. The Hall–Kier alpha value is -2.49. The van der Waals surface area contributed by atoms with Crippen LogP contribution in [-0.4, -0.2) is 23.7 Å². The van der Waals surface area contributed by atoms with Crippen LogP contribution in [0, 0.1) is 13.8 Å². The first-order valence-corrected chi connectivity index (χ1v) is 8.36. The predicted molar refractivity (Wildman–Crippen MR) is 95.1 cm³/mol. The first-order valence-electron chi connectivity index (χ1n) is 8.36. The number of carboxylic acids is 1. The fourth-order valence-electron chi connectivity index (χ4n) is 3.34. The van der Waals surface area contributed by atoms with E-state index in [4.69, 9.17) is 9.84 Å². The van der Waals surface area contributed by atoms with E-state index in [2.05, 4.69) is 17.9 Å². The molecule has 1 aliphatic rings. The fraction of sp³-hybridized carbons (Fsp3) is 0.350. The second-order valence-electron chi connectivity index (χ2n) is 6.45. The average molecular weight is 325 g/mol. The molecule has 0 amide bonds. The number of aliphatic carboxylic acids is 1. The van der Waals surface area contributed by atoms with Crippen LogP contribution in [0.4, 0.5) is 5.69 Å². The van der Waals surface area contributed by atoms with Crippen LogP contribution in [0.25, 0.3) is 0 Å². The van der Waals surface area contributed by atoms with Gasteiger partial charge in [0.1, 0.15) is 11.5 Å². The number of ether oxygens (including phenoxy) is 1. The van der Waals surface area contributed by atoms with Gasteiger partial charge in [-0.2, -0.15) is 0 Å². The molecule has 3 rings (SSSR count). The minimum atomic E-state index is -0.735. The molecule has 1 heterocycles. The van der Waals surface area contributed by atoms with Gasteiger partial charge in [-0.3, -0.25) is 4.79 Å². The summed E-state index contributed by atoms with van der Waals surface area (Å²) in [6.07, 6.45) is 2.17. The fourth-order valence-corrected chi connectivity index (χ4v) is 3.34. The van der Waals surface area contributed by atoms with Gasteiger partial charge in [-0.05, 0) is 62.6 Å². The van der Waals surface area contributed by atoms with Crippen molar-refractivity contribution in [2.24, 2.45) is 0 Å². The molecule has 1 saturated heterocycles. The van der Waals surface area contributed by atoms with Gasteiger partial charge < -0.3 is 14.7 Å². The standard InChI is InChI=1S/C20H23NO3/c1-14-5-10-19(15(2)12-14)24-18-8-6-16(7-9-18)21-11-3-4-17(21)13-20(22)23/h5-10,12,17H,3-4,11,13H2,1-2H3,(H,22,23)/t17-/m0/s1. The third kappa shape index (κ3) is 3.70. The summed E-state index contributed by atoms with van der Waals surface area (Å²) in [6, 6.07) is 14.1. The van der Waals surface area contributed by atoms with Crippen molar-refractivity contribution in [3.8, 4) is 11.5 Å². The summed E-state index contributed by atoms with van der Waals surface area (Å²) < 4.78 is 5.96. The van der Waals surface area contributed by atoms with Gasteiger partial charge in [0.15, 0.2) is 0 Å². The van der Waals surface area contributed by atoms with Gasteiger partial charge in [-0.25, -0.2) is 0 Å². The first-order chi connectivity index (χ1) is 11.5. The van der Waals surface area contributed by atoms with Gasteiger partial charge in [0.25, 0.3) is 0 Å². The van der Waals surface area contributed by atoms with Crippen molar-refractivity contribution >= 4 is 11.7 Å². The van der Waals surface area contributed by atoms with Gasteiger partial charge in [0.05, 0.1) is 6.42 Å². The summed E-state index contributed by atoms with van der Waals surface area (Å²) in [5.74, 6) is 0.916. The lowest BCUT2D eigenvalue weighted by Crippen LogP contribution is -2.31. The highest BCUT2D eigenvalue weighted by Crippen LogP contribution is 2.31. The zero-order valence-corrected chi connectivity index (χ0v) is 14.2. The number of benzene rings is 2. The zero-order valence-electron chi connectivity index (χ0n) is 14.2. The number of aryl methyl sites for hydroxylation is 2. The summed E-state index contributed by atoms with van der Waals surface area (Å²) in [6.45, 7) is 5.02. The highest BCUT2D eigenvalue weighted by atomic mass is 16.5. The number of carbonyl (C=O) groups is 1. The van der Waals surface area contributed by atoms with E-state index in [0.29, 0.717) is 0 Å². The molecule has 1 N–H and O–H groups in total. The highest BCUT2D eigenvalue weighted by Gasteiger charge is 2.26. The van der Waals surface area contributed by atoms with E-state index in [1.165, 1.54) is 5.56 Å². The second-order valence-corrected chi connectivity index (χ2v) is 6.45. The lowest BCUT2D eigenvalue weighted by Gasteiger charge is -2.25. The van der Waals surface area contributed by atoms with Gasteiger partial charge in [-0.15, -0.1) is 0 Å². The van der Waals surface area contributed by atoms with Crippen LogP contribution in [0.1, 0.15) is 30.4 Å². The largest absolute Gasteiger partial charge is 0.481 e. The van der Waals surface area contributed by atoms with E-state index < -0.39 is 5.97 Å². The molecule has 0 saturated carbocycles. The number of nitrogens with zero attached hydrogens (tertiary/aromatic N) is 1. The van der Waals surface area contributed by atoms with Crippen molar-refractivity contribution in [1.29, 1.82) is 0 Å². The molecule has 126 valence electrons. The first kappa shape index (κ1) is 16.4. The van der Waals surface area contributed by atoms with Crippen molar-refractivity contribution < 1.29 is 14.6 Å². The number of anilines is 1. The van der Waals surface area contributed by atoms with Crippen LogP contribution in [0.15, 0.2) is 42.5 Å². The number of carboxylic acid groups (broad SMARTS) is 1. The molecule has 2 aromatic rings. The summed E-state index contributed by atoms with van der Waals surface area (Å²) in [7, 11) is 0. The van der Waals surface area contributed by atoms with E-state index in [1.807, 2.05) is 43.3 Å². The molecule has 1 fully saturated rings. The molecule has 0 aromatic heterocycles. The molecule has 0 unspecified atom stereocenters. The van der Waals surface area contributed by atoms with Gasteiger partial charge in [0.2, 0.25) is 0 Å². The quantitative estimate of drug-likeness (QED) is 0.877. The molecule has 1 aliphatic heterocycles. The van der Waals surface area contributed by atoms with Gasteiger partial charge in [-0.1, -0.05) is 17.7 Å². The molecule has 0 spiro atoms. The summed E-state index contributed by atoms with van der Waals surface area (Å²) >= 11 is 0. The average Bonchev–Trinajstić information content (AvgIpc) is 2.98. The maximum absolute atomic E-state index is 11.0. The zero-order chi connectivity index (χ0) is 17.1. The maximum Gasteiger partial charge on any atom is 0.305 e. The molecular formula is C20H23NO3. The monoisotopic (exact) mass is 325 g/mol. The Labute approximate surface area is 142 Å². The van der Waals surface area contributed by atoms with Gasteiger partial charge >= 0.3 is 5.97 Å². The van der Waals surface area contributed by atoms with E-state index in [0.717, 1.165) is 42.1 Å². The van der Waals surface area contributed by atoms with Crippen LogP contribution in [0.5, 0.6) is 11.5 Å². The smallest absolute Gasteiger partial charge is 0.305 e. The Kier molecular flexibility index (Phi) is 4.74. The topological polar surface area (TPSA) is 49.8 Å². The minimum Gasteiger partial charge on any atom is -0.481 e. The van der Waals surface area contributed by atoms with E-state index in [1.54, 1.807) is 0 Å². The number of rotatable bonds is 5. The van der Waals surface area contributed by atoms with Crippen LogP contribution in [0.3, 0.4) is 0 Å². The molecule has 0 aliphatic carbocycles. The van der Waals surface area contributed by atoms with Crippen molar-refractivity contribution in [2.75, 3.05) is 11.4 Å². The SMILES string of the molecule is Cc1ccc(Oc2ccc(N3CCC[C@H]3CC(=O)O)cc2)c(C)c1. The molecular weight excluding hydrogens is 302 g/mol. The highest BCUT2D eigenvalue weighted by molar-refractivity contribution is 5.69. The molecule has 4 nitrogen and oxygen atoms in total. The van der Waals surface area contributed by atoms with Crippen molar-refractivity contribution in [3.05, 3.63) is 53.6 Å². The van der Waals surface area contributed by atoms with Crippen molar-refractivity contribution in [1.82, 2.24) is 0 Å². The Morgan fingerprint density at radius 1 is 1.21 bits per heavy atom. The number of hydrogen-bond donors (Lipinski definition) is 1. The summed E-state index contributed by atoms with van der Waals surface area (Å²) in [5.41, 5.74) is 3.39. The Balaban J connectivity index is 1.72. The van der Waals surface area contributed by atoms with Crippen molar-refractivity contribution in [3.63, 3.8) is 0 Å². The van der Waals surface area contributed by atoms with E-state index >= 15 is 0 Å². The van der Waals surface area contributed by atoms with Crippen LogP contribution >= 0.6 is 0 Å². The van der Waals surface area contributed by atoms with E-state index in [9.17, 15) is 4.79 Å². The molecule has 0 bridgehead atoms. The molecule has 24 heavy (non-hydrogen) atoms. The van der Waals surface area contributed by atoms with E-state index in [-0.39, 0.29) is 12.5 Å². The van der Waals surface area contributed by atoms with Crippen molar-refractivity contribution in [2.45, 2.75) is 39.2 Å². The molecule has 0 radical (unpaired) electrons. The normalized spacial score (nSPS) is 17.1. The predicted octanol–water partition coefficient (Wildman–Crippen LogP) is 4.54. The Bertz CT molecular complexity index is 724. The summed E-state index contributed by atoms with van der Waals surface area (Å²) in [4.78, 5) is 13.2. The maximum atomic E-state index is 11.0. The minimum absolute atomic E-state index is 0.0913. The lowest BCUT2D eigenvalue weighted by molar-refractivity contribution is -0.137. The van der Waals surface area contributed by atoms with Crippen LogP contribution < -0.4 is 9.64 Å². The van der Waals surface area contributed by atoms with Crippen LogP contribution in [0.2, 0.25) is 0 Å². The van der Waals surface area contributed by atoms with Gasteiger partial charge in [0, 0.05) is 18.3 Å². The third-order valence-electron chi connectivity index (χ3n) is 4.51. The molecule has 2 aromatic carbocycles. The lowest BCUT2D eigenvalue weighted by atomic mass is 10.1. The Morgan fingerprint density at radius 2 is 1.96 bits per heavy atom. The third-order valence-corrected chi connectivity index (χ3v) is 4.51. The summed E-state index contributed by atoms with van der Waals surface area (Å²) in [5, 5.41) is 9.05. The molecule has 4 heteroatoms. The van der Waals surface area contributed by atoms with Crippen LogP contribution in [-0.2, 0) is 4.79 Å². The molecule has 1 atom stereocenters. The number of hydrogen-bond acceptors (Lipinski definition) is 3.